The lowest BCUT2D eigenvalue weighted by atomic mass is 9.79. The zero-order valence-corrected chi connectivity index (χ0v) is 13.1. The molecule has 0 saturated carbocycles. The second-order valence-electron chi connectivity index (χ2n) is 7.28. The Labute approximate surface area is 117 Å². The molecule has 1 saturated heterocycles. The van der Waals surface area contributed by atoms with Gasteiger partial charge in [0.15, 0.2) is 0 Å². The first-order chi connectivity index (χ1) is 8.69. The first-order valence-corrected chi connectivity index (χ1v) is 7.21. The zero-order valence-electron chi connectivity index (χ0n) is 13.1. The summed E-state index contributed by atoms with van der Waals surface area (Å²) < 4.78 is 2.09. The molecule has 0 bridgehead atoms. The van der Waals surface area contributed by atoms with E-state index in [-0.39, 0.29) is 17.1 Å². The van der Waals surface area contributed by atoms with Crippen LogP contribution in [0.1, 0.15) is 59.3 Å². The van der Waals surface area contributed by atoms with E-state index in [4.69, 9.17) is 0 Å². The predicted molar refractivity (Wildman–Crippen MR) is 79.1 cm³/mol. The molecule has 1 unspecified atom stereocenters. The van der Waals surface area contributed by atoms with E-state index in [1.807, 2.05) is 12.4 Å². The summed E-state index contributed by atoms with van der Waals surface area (Å²) in [5.74, 6) is 1.11. The number of hydrogen-bond acceptors (Lipinski definition) is 3. The van der Waals surface area contributed by atoms with Crippen LogP contribution in [0.4, 0.5) is 0 Å². The maximum atomic E-state index is 4.44. The van der Waals surface area contributed by atoms with Gasteiger partial charge in [-0.1, -0.05) is 0 Å². The highest BCUT2D eigenvalue weighted by molar-refractivity contribution is 5.03. The molecule has 0 aliphatic carbocycles. The number of aryl methyl sites for hydroxylation is 1. The van der Waals surface area contributed by atoms with Gasteiger partial charge in [-0.2, -0.15) is 0 Å². The Balaban J connectivity index is 2.05. The normalized spacial score (nSPS) is 24.3. The minimum atomic E-state index is 0.181. The van der Waals surface area contributed by atoms with Gasteiger partial charge in [0.2, 0.25) is 0 Å². The fourth-order valence-corrected chi connectivity index (χ4v) is 3.66. The number of piperidine rings is 1. The number of rotatable bonds is 3. The third-order valence-electron chi connectivity index (χ3n) is 3.92. The summed E-state index contributed by atoms with van der Waals surface area (Å²) in [6, 6.07) is 0.813. The summed E-state index contributed by atoms with van der Waals surface area (Å²) in [7, 11) is 2.05. The highest BCUT2D eigenvalue weighted by Crippen LogP contribution is 2.29. The Morgan fingerprint density at radius 1 is 1.32 bits per heavy atom. The fraction of sp³-hybridized carbons (Fsp3) is 0.800. The van der Waals surface area contributed by atoms with Gasteiger partial charge in [-0.15, -0.1) is 0 Å². The number of nitrogens with one attached hydrogen (secondary N) is 2. The van der Waals surface area contributed by atoms with Gasteiger partial charge in [0.25, 0.3) is 0 Å². The molecular formula is C15H28N4. The minimum Gasteiger partial charge on any atom is -0.337 e. The van der Waals surface area contributed by atoms with E-state index in [1.54, 1.807) is 0 Å². The molecule has 2 heterocycles. The van der Waals surface area contributed by atoms with Crippen molar-refractivity contribution in [2.45, 2.75) is 70.6 Å². The number of nitrogens with zero attached hydrogens (tertiary/aromatic N) is 2. The summed E-state index contributed by atoms with van der Waals surface area (Å²) in [6.45, 7) is 11.3. The molecule has 1 aliphatic rings. The van der Waals surface area contributed by atoms with Gasteiger partial charge in [-0.3, -0.25) is 0 Å². The zero-order chi connectivity index (χ0) is 14.3. The van der Waals surface area contributed by atoms with Crippen LogP contribution < -0.4 is 10.6 Å². The van der Waals surface area contributed by atoms with Crippen molar-refractivity contribution >= 4 is 0 Å². The van der Waals surface area contributed by atoms with E-state index >= 15 is 0 Å². The molecule has 4 heteroatoms. The lowest BCUT2D eigenvalue weighted by molar-refractivity contribution is 0.140. The first kappa shape index (κ1) is 14.5. The van der Waals surface area contributed by atoms with E-state index in [0.717, 1.165) is 18.7 Å². The molecule has 2 N–H and O–H groups in total. The van der Waals surface area contributed by atoms with Gasteiger partial charge < -0.3 is 15.2 Å². The van der Waals surface area contributed by atoms with Crippen molar-refractivity contribution in [1.29, 1.82) is 0 Å². The molecule has 1 fully saturated rings. The minimum absolute atomic E-state index is 0.181. The van der Waals surface area contributed by atoms with Gasteiger partial charge in [0.05, 0.1) is 6.04 Å². The SMILES string of the molecule is CC(NC1CC(C)(C)NC(C)(C)C1)c1nccn1C. The van der Waals surface area contributed by atoms with Crippen LogP contribution in [0.5, 0.6) is 0 Å². The molecule has 0 spiro atoms. The Morgan fingerprint density at radius 2 is 1.89 bits per heavy atom. The Hall–Kier alpha value is -0.870. The molecule has 1 aliphatic heterocycles. The highest BCUT2D eigenvalue weighted by atomic mass is 15.1. The molecule has 0 radical (unpaired) electrons. The second kappa shape index (κ2) is 4.91. The largest absolute Gasteiger partial charge is 0.337 e. The number of imidazole rings is 1. The molecule has 1 atom stereocenters. The topological polar surface area (TPSA) is 41.9 Å². The van der Waals surface area contributed by atoms with Crippen molar-refractivity contribution < 1.29 is 0 Å². The van der Waals surface area contributed by atoms with Crippen molar-refractivity contribution in [3.05, 3.63) is 18.2 Å². The summed E-state index contributed by atoms with van der Waals surface area (Å²) in [5, 5.41) is 7.47. The van der Waals surface area contributed by atoms with Crippen LogP contribution in [0.25, 0.3) is 0 Å². The van der Waals surface area contributed by atoms with Gasteiger partial charge in [-0.05, 0) is 47.5 Å². The van der Waals surface area contributed by atoms with E-state index in [1.165, 1.54) is 0 Å². The average Bonchev–Trinajstić information content (AvgIpc) is 2.58. The Bertz CT molecular complexity index is 417. The van der Waals surface area contributed by atoms with Crippen molar-refractivity contribution in [2.75, 3.05) is 0 Å². The van der Waals surface area contributed by atoms with E-state index in [2.05, 4.69) is 61.9 Å². The maximum absolute atomic E-state index is 4.44. The van der Waals surface area contributed by atoms with Crippen LogP contribution in [0, 0.1) is 0 Å². The van der Waals surface area contributed by atoms with Gasteiger partial charge in [-0.25, -0.2) is 4.98 Å². The third kappa shape index (κ3) is 3.57. The third-order valence-corrected chi connectivity index (χ3v) is 3.92. The molecule has 4 nitrogen and oxygen atoms in total. The lowest BCUT2D eigenvalue weighted by Crippen LogP contribution is -2.61. The van der Waals surface area contributed by atoms with Crippen LogP contribution in [-0.4, -0.2) is 26.7 Å². The molecular weight excluding hydrogens is 236 g/mol. The highest BCUT2D eigenvalue weighted by Gasteiger charge is 2.38. The van der Waals surface area contributed by atoms with Crippen molar-refractivity contribution in [2.24, 2.45) is 7.05 Å². The molecule has 1 aromatic heterocycles. The molecule has 1 aromatic rings. The predicted octanol–water partition coefficient (Wildman–Crippen LogP) is 2.38. The Kier molecular flexibility index (Phi) is 3.76. The fourth-order valence-electron chi connectivity index (χ4n) is 3.66. The number of aromatic nitrogens is 2. The van der Waals surface area contributed by atoms with Crippen LogP contribution in [0.2, 0.25) is 0 Å². The summed E-state index contributed by atoms with van der Waals surface area (Å²) in [6.07, 6.45) is 6.16. The van der Waals surface area contributed by atoms with Crippen molar-refractivity contribution in [3.63, 3.8) is 0 Å². The smallest absolute Gasteiger partial charge is 0.125 e. The molecule has 0 amide bonds. The lowest BCUT2D eigenvalue weighted by Gasteiger charge is -2.47. The van der Waals surface area contributed by atoms with E-state index < -0.39 is 0 Å². The van der Waals surface area contributed by atoms with Gasteiger partial charge in [0.1, 0.15) is 5.82 Å². The molecule has 0 aromatic carbocycles. The summed E-state index contributed by atoms with van der Waals surface area (Å²) in [5.41, 5.74) is 0.363. The van der Waals surface area contributed by atoms with Crippen molar-refractivity contribution in [1.82, 2.24) is 20.2 Å². The van der Waals surface area contributed by atoms with Crippen LogP contribution in [0.3, 0.4) is 0 Å². The van der Waals surface area contributed by atoms with E-state index in [9.17, 15) is 0 Å². The van der Waals surface area contributed by atoms with Crippen molar-refractivity contribution in [3.8, 4) is 0 Å². The summed E-state index contributed by atoms with van der Waals surface area (Å²) >= 11 is 0. The standard InChI is InChI=1S/C15H28N4/c1-11(13-16-7-8-19(13)6)17-12-9-14(2,3)18-15(4,5)10-12/h7-8,11-12,17-18H,9-10H2,1-6H3. The molecule has 108 valence electrons. The summed E-state index contributed by atoms with van der Waals surface area (Å²) in [4.78, 5) is 4.44. The quantitative estimate of drug-likeness (QED) is 0.881. The Morgan fingerprint density at radius 3 is 2.37 bits per heavy atom. The van der Waals surface area contributed by atoms with Crippen LogP contribution in [0.15, 0.2) is 12.4 Å². The van der Waals surface area contributed by atoms with Gasteiger partial charge in [0, 0.05) is 36.6 Å². The van der Waals surface area contributed by atoms with Gasteiger partial charge >= 0.3 is 0 Å². The molecule has 2 rings (SSSR count). The first-order valence-electron chi connectivity index (χ1n) is 7.21. The number of hydrogen-bond donors (Lipinski definition) is 2. The maximum Gasteiger partial charge on any atom is 0.125 e. The monoisotopic (exact) mass is 264 g/mol. The van der Waals surface area contributed by atoms with E-state index in [0.29, 0.717) is 6.04 Å². The van der Waals surface area contributed by atoms with Crippen LogP contribution in [-0.2, 0) is 7.05 Å². The second-order valence-corrected chi connectivity index (χ2v) is 7.28. The van der Waals surface area contributed by atoms with Crippen LogP contribution >= 0.6 is 0 Å². The average molecular weight is 264 g/mol. The molecule has 19 heavy (non-hydrogen) atoms.